The first-order valence-electron chi connectivity index (χ1n) is 8.30. The first kappa shape index (κ1) is 19.6. The van der Waals surface area contributed by atoms with Crippen LogP contribution in [0.4, 0.5) is 5.69 Å². The van der Waals surface area contributed by atoms with E-state index >= 15 is 0 Å². The third-order valence-corrected chi connectivity index (χ3v) is 4.91. The number of nitrogens with one attached hydrogen (secondary N) is 1. The molecule has 134 valence electrons. The number of nitriles is 1. The first-order valence-corrected chi connectivity index (χ1v) is 9.18. The number of anilines is 1. The van der Waals surface area contributed by atoms with Gasteiger partial charge in [0, 0.05) is 28.2 Å². The molecule has 1 amide bonds. The van der Waals surface area contributed by atoms with Gasteiger partial charge in [0.05, 0.1) is 18.9 Å². The summed E-state index contributed by atoms with van der Waals surface area (Å²) >= 11 is 1.58. The third-order valence-electron chi connectivity index (χ3n) is 3.73. The fraction of sp³-hybridized carbons (Fsp3) is 0.238. The van der Waals surface area contributed by atoms with Gasteiger partial charge in [-0.3, -0.25) is 4.79 Å². The summed E-state index contributed by atoms with van der Waals surface area (Å²) in [7, 11) is 1.61. The van der Waals surface area contributed by atoms with Crippen LogP contribution in [-0.2, 0) is 4.79 Å². The summed E-state index contributed by atoms with van der Waals surface area (Å²) in [6.45, 7) is 3.88. The van der Waals surface area contributed by atoms with Crippen molar-refractivity contribution in [2.24, 2.45) is 0 Å². The van der Waals surface area contributed by atoms with Crippen molar-refractivity contribution in [2.75, 3.05) is 12.4 Å². The lowest BCUT2D eigenvalue weighted by Gasteiger charge is -2.13. The first-order chi connectivity index (χ1) is 12.5. The van der Waals surface area contributed by atoms with Gasteiger partial charge in [0.1, 0.15) is 5.75 Å². The second-order valence-corrected chi connectivity index (χ2v) is 7.28. The topological polar surface area (TPSA) is 62.1 Å². The number of hydrogen-bond donors (Lipinski definition) is 1. The van der Waals surface area contributed by atoms with Gasteiger partial charge >= 0.3 is 0 Å². The molecule has 0 bridgehead atoms. The minimum atomic E-state index is -0.200. The molecule has 0 aromatic heterocycles. The Labute approximate surface area is 158 Å². The molecule has 0 saturated heterocycles. The van der Waals surface area contributed by atoms with Gasteiger partial charge < -0.3 is 10.1 Å². The van der Waals surface area contributed by atoms with Gasteiger partial charge in [-0.15, -0.1) is 11.8 Å². The molecule has 0 aliphatic carbocycles. The number of nitrogens with zero attached hydrogens (tertiary/aromatic N) is 1. The molecule has 0 radical (unpaired) electrons. The van der Waals surface area contributed by atoms with Crippen molar-refractivity contribution in [3.05, 3.63) is 60.2 Å². The molecular weight excluding hydrogens is 344 g/mol. The SMILES string of the molecule is COc1ccccc1/C(C)=C/C(=O)Nc1ccccc1SC(C)CC#N. The molecule has 0 saturated carbocycles. The number of carbonyl (C=O) groups excluding carboxylic acids is 1. The van der Waals surface area contributed by atoms with E-state index in [1.807, 2.05) is 62.4 Å². The summed E-state index contributed by atoms with van der Waals surface area (Å²) < 4.78 is 5.35. The molecule has 0 spiro atoms. The minimum Gasteiger partial charge on any atom is -0.496 e. The average Bonchev–Trinajstić information content (AvgIpc) is 2.63. The van der Waals surface area contributed by atoms with Gasteiger partial charge in [-0.1, -0.05) is 37.3 Å². The molecule has 2 rings (SSSR count). The maximum absolute atomic E-state index is 12.5. The Kier molecular flexibility index (Phi) is 7.31. The number of para-hydroxylation sites is 2. The number of benzene rings is 2. The van der Waals surface area contributed by atoms with Crippen molar-refractivity contribution in [1.82, 2.24) is 0 Å². The third kappa shape index (κ3) is 5.40. The van der Waals surface area contributed by atoms with E-state index in [1.54, 1.807) is 24.9 Å². The van der Waals surface area contributed by atoms with E-state index in [-0.39, 0.29) is 11.2 Å². The van der Waals surface area contributed by atoms with E-state index in [9.17, 15) is 4.79 Å². The van der Waals surface area contributed by atoms with Crippen LogP contribution in [0.5, 0.6) is 5.75 Å². The Morgan fingerprint density at radius 2 is 1.96 bits per heavy atom. The van der Waals surface area contributed by atoms with Gasteiger partial charge in [-0.05, 0) is 30.7 Å². The van der Waals surface area contributed by atoms with Crippen LogP contribution in [0.2, 0.25) is 0 Å². The lowest BCUT2D eigenvalue weighted by molar-refractivity contribution is -0.111. The largest absolute Gasteiger partial charge is 0.496 e. The van der Waals surface area contributed by atoms with Crippen molar-refractivity contribution in [3.63, 3.8) is 0 Å². The molecule has 2 aromatic rings. The summed E-state index contributed by atoms with van der Waals surface area (Å²) in [5.41, 5.74) is 2.45. The number of hydrogen-bond acceptors (Lipinski definition) is 4. The molecule has 2 aromatic carbocycles. The zero-order chi connectivity index (χ0) is 18.9. The van der Waals surface area contributed by atoms with Crippen LogP contribution in [0.1, 0.15) is 25.8 Å². The monoisotopic (exact) mass is 366 g/mol. The molecule has 4 nitrogen and oxygen atoms in total. The van der Waals surface area contributed by atoms with Crippen molar-refractivity contribution in [1.29, 1.82) is 5.26 Å². The molecule has 1 atom stereocenters. The molecule has 0 aliphatic heterocycles. The van der Waals surface area contributed by atoms with Crippen molar-refractivity contribution in [2.45, 2.75) is 30.4 Å². The van der Waals surface area contributed by atoms with Crippen LogP contribution in [0.3, 0.4) is 0 Å². The second kappa shape index (κ2) is 9.69. The average molecular weight is 366 g/mol. The maximum atomic E-state index is 12.5. The summed E-state index contributed by atoms with van der Waals surface area (Å²) in [5.74, 6) is 0.532. The van der Waals surface area contributed by atoms with Crippen LogP contribution in [0.15, 0.2) is 59.5 Å². The van der Waals surface area contributed by atoms with Crippen molar-refractivity contribution in [3.8, 4) is 11.8 Å². The Morgan fingerprint density at radius 3 is 2.69 bits per heavy atom. The molecule has 26 heavy (non-hydrogen) atoms. The van der Waals surface area contributed by atoms with Crippen LogP contribution >= 0.6 is 11.8 Å². The fourth-order valence-corrected chi connectivity index (χ4v) is 3.47. The van der Waals surface area contributed by atoms with Crippen LogP contribution in [0, 0.1) is 11.3 Å². The number of rotatable bonds is 7. The van der Waals surface area contributed by atoms with Gasteiger partial charge in [0.25, 0.3) is 0 Å². The Hall–Kier alpha value is -2.71. The van der Waals surface area contributed by atoms with Gasteiger partial charge in [0.15, 0.2) is 0 Å². The molecule has 0 aliphatic rings. The summed E-state index contributed by atoms with van der Waals surface area (Å²) in [5, 5.41) is 11.9. The highest BCUT2D eigenvalue weighted by Gasteiger charge is 2.11. The molecule has 5 heteroatoms. The highest BCUT2D eigenvalue weighted by molar-refractivity contribution is 8.00. The number of methoxy groups -OCH3 is 1. The number of thioether (sulfide) groups is 1. The predicted molar refractivity (Wildman–Crippen MR) is 107 cm³/mol. The van der Waals surface area contributed by atoms with E-state index in [0.717, 1.165) is 27.5 Å². The smallest absolute Gasteiger partial charge is 0.248 e. The molecule has 0 heterocycles. The van der Waals surface area contributed by atoms with E-state index in [2.05, 4.69) is 11.4 Å². The quantitative estimate of drug-likeness (QED) is 0.545. The van der Waals surface area contributed by atoms with Crippen molar-refractivity contribution >= 4 is 28.9 Å². The number of allylic oxidation sites excluding steroid dienone is 1. The zero-order valence-corrected chi connectivity index (χ0v) is 16.0. The standard InChI is InChI=1S/C21H22N2O2S/c1-15(17-8-4-6-10-19(17)25-3)14-21(24)23-18-9-5-7-11-20(18)26-16(2)12-13-22/h4-11,14,16H,12H2,1-3H3,(H,23,24)/b15-14+. The summed E-state index contributed by atoms with van der Waals surface area (Å²) in [6.07, 6.45) is 2.03. The lowest BCUT2D eigenvalue weighted by Crippen LogP contribution is -2.10. The van der Waals surface area contributed by atoms with Gasteiger partial charge in [0.2, 0.25) is 5.91 Å². The summed E-state index contributed by atoms with van der Waals surface area (Å²) in [4.78, 5) is 13.4. The minimum absolute atomic E-state index is 0.156. The second-order valence-electron chi connectivity index (χ2n) is 5.80. The van der Waals surface area contributed by atoms with Crippen LogP contribution in [-0.4, -0.2) is 18.3 Å². The van der Waals surface area contributed by atoms with E-state index < -0.39 is 0 Å². The van der Waals surface area contributed by atoms with Crippen LogP contribution in [0.25, 0.3) is 5.57 Å². The zero-order valence-electron chi connectivity index (χ0n) is 15.2. The molecule has 1 unspecified atom stereocenters. The van der Waals surface area contributed by atoms with Gasteiger partial charge in [-0.25, -0.2) is 0 Å². The normalized spacial score (nSPS) is 12.2. The number of ether oxygens (including phenoxy) is 1. The van der Waals surface area contributed by atoms with E-state index in [0.29, 0.717) is 6.42 Å². The Balaban J connectivity index is 2.16. The fourth-order valence-electron chi connectivity index (χ4n) is 2.47. The predicted octanol–water partition coefficient (Wildman–Crippen LogP) is 5.13. The van der Waals surface area contributed by atoms with Gasteiger partial charge in [-0.2, -0.15) is 5.26 Å². The lowest BCUT2D eigenvalue weighted by atomic mass is 10.1. The number of amides is 1. The number of carbonyl (C=O) groups is 1. The highest BCUT2D eigenvalue weighted by atomic mass is 32.2. The molecule has 1 N–H and O–H groups in total. The van der Waals surface area contributed by atoms with Crippen LogP contribution < -0.4 is 10.1 Å². The van der Waals surface area contributed by atoms with E-state index in [1.165, 1.54) is 0 Å². The Bertz CT molecular complexity index is 840. The Morgan fingerprint density at radius 1 is 1.27 bits per heavy atom. The molecular formula is C21H22N2O2S. The van der Waals surface area contributed by atoms with E-state index in [4.69, 9.17) is 10.00 Å². The van der Waals surface area contributed by atoms with Crippen molar-refractivity contribution < 1.29 is 9.53 Å². The maximum Gasteiger partial charge on any atom is 0.248 e. The molecule has 0 fully saturated rings. The summed E-state index contributed by atoms with van der Waals surface area (Å²) in [6, 6.07) is 17.4. The highest BCUT2D eigenvalue weighted by Crippen LogP contribution is 2.32.